The van der Waals surface area contributed by atoms with Crippen LogP contribution in [0.25, 0.3) is 0 Å². The normalized spacial score (nSPS) is 23.5. The quantitative estimate of drug-likeness (QED) is 0.634. The zero-order valence-electron chi connectivity index (χ0n) is 19.4. The molecule has 3 atom stereocenters. The van der Waals surface area contributed by atoms with Crippen LogP contribution in [-0.2, 0) is 22.7 Å². The summed E-state index contributed by atoms with van der Waals surface area (Å²) in [4.78, 5) is 34.4. The van der Waals surface area contributed by atoms with Crippen LogP contribution < -0.4 is 15.4 Å². The van der Waals surface area contributed by atoms with Crippen LogP contribution in [0.5, 0.6) is 5.75 Å². The highest BCUT2D eigenvalue weighted by Crippen LogP contribution is 2.28. The highest BCUT2D eigenvalue weighted by Gasteiger charge is 2.44. The third-order valence-electron chi connectivity index (χ3n) is 6.79. The number of hydrogen-bond acceptors (Lipinski definition) is 6. The van der Waals surface area contributed by atoms with Crippen molar-refractivity contribution in [2.75, 3.05) is 27.2 Å². The Morgan fingerprint density at radius 2 is 2.06 bits per heavy atom. The molecule has 4 rings (SSSR count). The van der Waals surface area contributed by atoms with Gasteiger partial charge in [-0.05, 0) is 49.7 Å². The molecular weight excluding hydrogens is 418 g/mol. The molecule has 0 spiro atoms. The summed E-state index contributed by atoms with van der Waals surface area (Å²) in [7, 11) is 3.72. The van der Waals surface area contributed by atoms with Crippen LogP contribution in [0.2, 0.25) is 0 Å². The van der Waals surface area contributed by atoms with Crippen LogP contribution in [0.15, 0.2) is 48.7 Å². The molecule has 1 aromatic carbocycles. The second kappa shape index (κ2) is 10.8. The van der Waals surface area contributed by atoms with E-state index in [1.165, 1.54) is 0 Å². The Morgan fingerprint density at radius 1 is 1.24 bits per heavy atom. The number of nitrogens with zero attached hydrogens (tertiary/aromatic N) is 3. The number of ether oxygens (including phenoxy) is 1. The van der Waals surface area contributed by atoms with Gasteiger partial charge in [0.15, 0.2) is 0 Å². The Kier molecular flexibility index (Phi) is 7.57. The van der Waals surface area contributed by atoms with Gasteiger partial charge in [-0.2, -0.15) is 0 Å². The molecule has 2 fully saturated rings. The second-order valence-corrected chi connectivity index (χ2v) is 8.82. The van der Waals surface area contributed by atoms with Gasteiger partial charge in [0, 0.05) is 50.9 Å². The third-order valence-corrected chi connectivity index (χ3v) is 6.79. The standard InChI is InChI=1S/C25H33N5O3/c1-29-20(8-11-23(31)27-15-18-6-9-21(33-2)10-7-18)16-28-25(32)24-22(29)12-14-30(24)17-19-5-3-4-13-26-19/h3-7,9-10,13,20,22,24H,8,11-12,14-17H2,1-2H3,(H,27,31)(H,28,32). The summed E-state index contributed by atoms with van der Waals surface area (Å²) in [6.45, 7) is 2.58. The average molecular weight is 452 g/mol. The van der Waals surface area contributed by atoms with E-state index in [9.17, 15) is 9.59 Å². The molecular formula is C25H33N5O3. The molecule has 2 aromatic rings. The number of aromatic nitrogens is 1. The molecule has 3 heterocycles. The van der Waals surface area contributed by atoms with Gasteiger partial charge in [0.25, 0.3) is 0 Å². The molecule has 0 saturated carbocycles. The van der Waals surface area contributed by atoms with Gasteiger partial charge in [0.2, 0.25) is 11.8 Å². The predicted octanol–water partition coefficient (Wildman–Crippen LogP) is 1.56. The van der Waals surface area contributed by atoms with Crippen molar-refractivity contribution < 1.29 is 14.3 Å². The lowest BCUT2D eigenvalue weighted by atomic mass is 10.0. The summed E-state index contributed by atoms with van der Waals surface area (Å²) in [5.41, 5.74) is 2.01. The van der Waals surface area contributed by atoms with Crippen molar-refractivity contribution in [2.24, 2.45) is 0 Å². The molecule has 1 aromatic heterocycles. The first kappa shape index (κ1) is 23.2. The number of methoxy groups -OCH3 is 1. The molecule has 3 unspecified atom stereocenters. The van der Waals surface area contributed by atoms with Gasteiger partial charge in [-0.1, -0.05) is 18.2 Å². The number of carbonyl (C=O) groups excluding carboxylic acids is 2. The van der Waals surface area contributed by atoms with Gasteiger partial charge >= 0.3 is 0 Å². The maximum absolute atomic E-state index is 12.9. The fourth-order valence-electron chi connectivity index (χ4n) is 4.86. The van der Waals surface area contributed by atoms with E-state index in [0.29, 0.717) is 32.5 Å². The molecule has 33 heavy (non-hydrogen) atoms. The maximum Gasteiger partial charge on any atom is 0.239 e. The Labute approximate surface area is 195 Å². The monoisotopic (exact) mass is 451 g/mol. The van der Waals surface area contributed by atoms with Gasteiger partial charge in [-0.15, -0.1) is 0 Å². The zero-order chi connectivity index (χ0) is 23.2. The lowest BCUT2D eigenvalue weighted by Gasteiger charge is -2.33. The number of fused-ring (bicyclic) bond motifs is 1. The van der Waals surface area contributed by atoms with Gasteiger partial charge in [0.1, 0.15) is 11.8 Å². The van der Waals surface area contributed by atoms with E-state index in [0.717, 1.165) is 30.0 Å². The van der Waals surface area contributed by atoms with Gasteiger partial charge < -0.3 is 15.4 Å². The minimum Gasteiger partial charge on any atom is -0.497 e. The molecule has 2 aliphatic rings. The van der Waals surface area contributed by atoms with E-state index in [-0.39, 0.29) is 29.9 Å². The van der Waals surface area contributed by atoms with Crippen LogP contribution in [0.1, 0.15) is 30.5 Å². The zero-order valence-corrected chi connectivity index (χ0v) is 19.4. The van der Waals surface area contributed by atoms with Crippen molar-refractivity contribution in [3.63, 3.8) is 0 Å². The highest BCUT2D eigenvalue weighted by atomic mass is 16.5. The first-order valence-electron chi connectivity index (χ1n) is 11.6. The number of benzene rings is 1. The fraction of sp³-hybridized carbons (Fsp3) is 0.480. The van der Waals surface area contributed by atoms with Crippen LogP contribution in [0.3, 0.4) is 0 Å². The third kappa shape index (κ3) is 5.69. The fourth-order valence-corrected chi connectivity index (χ4v) is 4.86. The first-order valence-corrected chi connectivity index (χ1v) is 11.6. The summed E-state index contributed by atoms with van der Waals surface area (Å²) in [5.74, 6) is 0.897. The highest BCUT2D eigenvalue weighted by molar-refractivity contribution is 5.83. The van der Waals surface area contributed by atoms with Crippen LogP contribution >= 0.6 is 0 Å². The predicted molar refractivity (Wildman–Crippen MR) is 125 cm³/mol. The Bertz CT molecular complexity index is 937. The number of amides is 2. The van der Waals surface area contributed by atoms with Crippen LogP contribution in [0.4, 0.5) is 0 Å². The molecule has 8 heteroatoms. The number of likely N-dealkylation sites (tertiary alicyclic amines) is 1. The molecule has 8 nitrogen and oxygen atoms in total. The summed E-state index contributed by atoms with van der Waals surface area (Å²) in [6.07, 6.45) is 3.85. The summed E-state index contributed by atoms with van der Waals surface area (Å²) >= 11 is 0. The second-order valence-electron chi connectivity index (χ2n) is 8.82. The van der Waals surface area contributed by atoms with E-state index in [1.807, 2.05) is 42.5 Å². The Balaban J connectivity index is 1.29. The van der Waals surface area contributed by atoms with Crippen molar-refractivity contribution in [1.82, 2.24) is 25.4 Å². The topological polar surface area (TPSA) is 86.8 Å². The number of carbonyl (C=O) groups is 2. The van der Waals surface area contributed by atoms with Crippen molar-refractivity contribution in [1.29, 1.82) is 0 Å². The average Bonchev–Trinajstić information content (AvgIpc) is 3.21. The molecule has 0 radical (unpaired) electrons. The van der Waals surface area contributed by atoms with E-state index in [1.54, 1.807) is 13.3 Å². The lowest BCUT2D eigenvalue weighted by molar-refractivity contribution is -0.126. The van der Waals surface area contributed by atoms with Crippen molar-refractivity contribution in [3.05, 3.63) is 59.9 Å². The van der Waals surface area contributed by atoms with Gasteiger partial charge in [-0.25, -0.2) is 0 Å². The van der Waals surface area contributed by atoms with Gasteiger partial charge in [0.05, 0.1) is 12.8 Å². The smallest absolute Gasteiger partial charge is 0.239 e. The van der Waals surface area contributed by atoms with Crippen molar-refractivity contribution in [3.8, 4) is 5.75 Å². The minimum atomic E-state index is -0.189. The summed E-state index contributed by atoms with van der Waals surface area (Å²) in [6, 6.07) is 13.6. The summed E-state index contributed by atoms with van der Waals surface area (Å²) in [5, 5.41) is 6.11. The first-order chi connectivity index (χ1) is 16.0. The molecule has 0 bridgehead atoms. The molecule has 2 N–H and O–H groups in total. The molecule has 0 aliphatic carbocycles. The largest absolute Gasteiger partial charge is 0.497 e. The van der Waals surface area contributed by atoms with E-state index >= 15 is 0 Å². The SMILES string of the molecule is COc1ccc(CNC(=O)CCC2CNC(=O)C3C(CCN3Cc3ccccn3)N2C)cc1. The molecule has 2 aliphatic heterocycles. The molecule has 2 amide bonds. The number of rotatable bonds is 8. The number of likely N-dealkylation sites (N-methyl/N-ethyl adjacent to an activating group) is 1. The summed E-state index contributed by atoms with van der Waals surface area (Å²) < 4.78 is 5.17. The van der Waals surface area contributed by atoms with Crippen molar-refractivity contribution >= 4 is 11.8 Å². The number of hydrogen-bond donors (Lipinski definition) is 2. The molecule has 176 valence electrons. The van der Waals surface area contributed by atoms with Crippen LogP contribution in [0, 0.1) is 0 Å². The van der Waals surface area contributed by atoms with Crippen molar-refractivity contribution in [2.45, 2.75) is 50.5 Å². The van der Waals surface area contributed by atoms with E-state index < -0.39 is 0 Å². The lowest BCUT2D eigenvalue weighted by Crippen LogP contribution is -2.49. The molecule has 2 saturated heterocycles. The number of nitrogens with one attached hydrogen (secondary N) is 2. The minimum absolute atomic E-state index is 0.0227. The Morgan fingerprint density at radius 3 is 2.79 bits per heavy atom. The maximum atomic E-state index is 12.9. The number of pyridine rings is 1. The van der Waals surface area contributed by atoms with Crippen LogP contribution in [-0.4, -0.2) is 72.0 Å². The van der Waals surface area contributed by atoms with Gasteiger partial charge in [-0.3, -0.25) is 24.4 Å². The van der Waals surface area contributed by atoms with E-state index in [2.05, 4.69) is 32.5 Å². The Hall–Kier alpha value is -2.97. The van der Waals surface area contributed by atoms with E-state index in [4.69, 9.17) is 4.74 Å².